The Morgan fingerprint density at radius 3 is 2.37 bits per heavy atom. The number of hydrogen-bond donors (Lipinski definition) is 0. The van der Waals surface area contributed by atoms with Gasteiger partial charge in [0.1, 0.15) is 5.75 Å². The number of halogens is 1. The minimum atomic E-state index is -4.08. The minimum Gasteiger partial charge on any atom is -0.497 e. The molecular formula is C20H20ClNO7S. The van der Waals surface area contributed by atoms with Crippen molar-refractivity contribution in [1.29, 1.82) is 0 Å². The number of carbonyl (C=O) groups is 2. The monoisotopic (exact) mass is 453 g/mol. The molecule has 0 aliphatic carbocycles. The first-order valence-electron chi connectivity index (χ1n) is 8.55. The third kappa shape index (κ3) is 5.31. The lowest BCUT2D eigenvalue weighted by Crippen LogP contribution is -2.31. The van der Waals surface area contributed by atoms with Crippen molar-refractivity contribution >= 4 is 39.3 Å². The molecule has 0 spiro atoms. The lowest BCUT2D eigenvalue weighted by atomic mass is 10.2. The number of carbonyl (C=O) groups excluding carboxylic acids is 2. The van der Waals surface area contributed by atoms with Crippen LogP contribution < -0.4 is 9.04 Å². The summed E-state index contributed by atoms with van der Waals surface area (Å²) in [6, 6.07) is 10.0. The van der Waals surface area contributed by atoms with Crippen LogP contribution in [0.3, 0.4) is 0 Å². The number of anilines is 1. The fraction of sp³-hybridized carbons (Fsp3) is 0.200. The van der Waals surface area contributed by atoms with Gasteiger partial charge in [-0.2, -0.15) is 0 Å². The van der Waals surface area contributed by atoms with E-state index in [4.69, 9.17) is 21.1 Å². The molecule has 0 amide bonds. The fourth-order valence-corrected chi connectivity index (χ4v) is 4.07. The molecule has 0 fully saturated rings. The van der Waals surface area contributed by atoms with Crippen LogP contribution in [-0.4, -0.2) is 47.7 Å². The molecule has 2 aromatic rings. The summed E-state index contributed by atoms with van der Waals surface area (Å²) in [6.45, 7) is 2.96. The maximum atomic E-state index is 13.3. The van der Waals surface area contributed by atoms with Crippen LogP contribution in [0.25, 0.3) is 0 Å². The van der Waals surface area contributed by atoms with E-state index in [2.05, 4.69) is 11.3 Å². The third-order valence-electron chi connectivity index (χ3n) is 3.95. The highest BCUT2D eigenvalue weighted by molar-refractivity contribution is 7.92. The predicted octanol–water partition coefficient (Wildman–Crippen LogP) is 3.06. The van der Waals surface area contributed by atoms with E-state index in [9.17, 15) is 18.0 Å². The second kappa shape index (κ2) is 10.1. The molecule has 2 aromatic carbocycles. The van der Waals surface area contributed by atoms with Gasteiger partial charge in [-0.1, -0.05) is 17.7 Å². The van der Waals surface area contributed by atoms with Crippen LogP contribution in [0.2, 0.25) is 5.02 Å². The molecule has 160 valence electrons. The largest absolute Gasteiger partial charge is 0.497 e. The van der Waals surface area contributed by atoms with Crippen LogP contribution in [0.5, 0.6) is 5.75 Å². The number of esters is 2. The average Bonchev–Trinajstić information content (AvgIpc) is 2.75. The van der Waals surface area contributed by atoms with Gasteiger partial charge in [-0.25, -0.2) is 18.0 Å². The second-order valence-electron chi connectivity index (χ2n) is 5.82. The predicted molar refractivity (Wildman–Crippen MR) is 111 cm³/mol. The molecule has 0 N–H and O–H groups in total. The Bertz CT molecular complexity index is 1040. The Balaban J connectivity index is 2.42. The molecule has 0 saturated heterocycles. The molecule has 8 nitrogen and oxygen atoms in total. The molecular weight excluding hydrogens is 434 g/mol. The Kier molecular flexibility index (Phi) is 7.85. The van der Waals surface area contributed by atoms with Crippen LogP contribution in [0.1, 0.15) is 10.4 Å². The number of sulfonamides is 1. The topological polar surface area (TPSA) is 99.2 Å². The summed E-state index contributed by atoms with van der Waals surface area (Å²) < 4.78 is 41.9. The highest BCUT2D eigenvalue weighted by Gasteiger charge is 2.26. The summed E-state index contributed by atoms with van der Waals surface area (Å²) in [5, 5.41) is -0.0245. The Morgan fingerprint density at radius 1 is 1.13 bits per heavy atom. The van der Waals surface area contributed by atoms with Crippen molar-refractivity contribution in [2.45, 2.75) is 4.90 Å². The van der Waals surface area contributed by atoms with Crippen LogP contribution >= 0.6 is 11.6 Å². The molecule has 10 heteroatoms. The standard InChI is InChI=1S/C20H20ClNO7S/c1-4-11-22(14-5-7-15(27-2)8-6-14)30(25,26)16-9-10-18(21)17(12-16)20(24)29-13-19(23)28-3/h4-10,12H,1,11,13H2,2-3H3. The first-order chi connectivity index (χ1) is 14.2. The van der Waals surface area contributed by atoms with Crippen LogP contribution in [0.4, 0.5) is 5.69 Å². The summed E-state index contributed by atoms with van der Waals surface area (Å²) in [7, 11) is -1.44. The third-order valence-corrected chi connectivity index (χ3v) is 6.07. The molecule has 0 aliphatic rings. The van der Waals surface area contributed by atoms with Crippen LogP contribution in [-0.2, 0) is 24.3 Å². The van der Waals surface area contributed by atoms with Gasteiger partial charge in [0.2, 0.25) is 0 Å². The highest BCUT2D eigenvalue weighted by atomic mass is 35.5. The highest BCUT2D eigenvalue weighted by Crippen LogP contribution is 2.28. The number of ether oxygens (including phenoxy) is 3. The lowest BCUT2D eigenvalue weighted by molar-refractivity contribution is -0.144. The van der Waals surface area contributed by atoms with E-state index in [1.807, 2.05) is 0 Å². The van der Waals surface area contributed by atoms with E-state index in [0.717, 1.165) is 17.5 Å². The van der Waals surface area contributed by atoms with E-state index in [-0.39, 0.29) is 22.0 Å². The van der Waals surface area contributed by atoms with Gasteiger partial charge in [0, 0.05) is 0 Å². The molecule has 0 unspecified atom stereocenters. The number of rotatable bonds is 9. The van der Waals surface area contributed by atoms with Gasteiger partial charge in [-0.3, -0.25) is 4.31 Å². The van der Waals surface area contributed by atoms with Crippen LogP contribution in [0, 0.1) is 0 Å². The molecule has 0 aliphatic heterocycles. The molecule has 2 rings (SSSR count). The zero-order valence-corrected chi connectivity index (χ0v) is 17.9. The Labute approximate surface area is 179 Å². The van der Waals surface area contributed by atoms with E-state index in [1.165, 1.54) is 25.3 Å². The summed E-state index contributed by atoms with van der Waals surface area (Å²) in [6.07, 6.45) is 1.43. The van der Waals surface area contributed by atoms with Gasteiger partial charge in [0.05, 0.1) is 41.9 Å². The fourth-order valence-electron chi connectivity index (χ4n) is 2.42. The van der Waals surface area contributed by atoms with Crippen molar-refractivity contribution in [1.82, 2.24) is 0 Å². The normalized spacial score (nSPS) is 10.8. The Hall–Kier alpha value is -3.04. The molecule has 0 aromatic heterocycles. The van der Waals surface area contributed by atoms with Gasteiger partial charge in [-0.05, 0) is 42.5 Å². The van der Waals surface area contributed by atoms with E-state index < -0.39 is 28.6 Å². The van der Waals surface area contributed by atoms with Crippen molar-refractivity contribution in [3.63, 3.8) is 0 Å². The lowest BCUT2D eigenvalue weighted by Gasteiger charge is -2.23. The molecule has 0 saturated carbocycles. The summed E-state index contributed by atoms with van der Waals surface area (Å²) in [5.74, 6) is -1.15. The molecule has 0 bridgehead atoms. The molecule has 0 atom stereocenters. The van der Waals surface area contributed by atoms with Gasteiger partial charge in [0.15, 0.2) is 6.61 Å². The number of benzene rings is 2. The average molecular weight is 454 g/mol. The smallest absolute Gasteiger partial charge is 0.344 e. The summed E-state index contributed by atoms with van der Waals surface area (Å²) in [5.41, 5.74) is 0.176. The number of hydrogen-bond acceptors (Lipinski definition) is 7. The van der Waals surface area contributed by atoms with Gasteiger partial charge < -0.3 is 14.2 Å². The SMILES string of the molecule is C=CCN(c1ccc(OC)cc1)S(=O)(=O)c1ccc(Cl)c(C(=O)OCC(=O)OC)c1. The first-order valence-corrected chi connectivity index (χ1v) is 10.4. The molecule has 0 radical (unpaired) electrons. The molecule has 30 heavy (non-hydrogen) atoms. The van der Waals surface area contributed by atoms with E-state index in [0.29, 0.717) is 11.4 Å². The van der Waals surface area contributed by atoms with Crippen molar-refractivity contribution in [3.05, 3.63) is 65.7 Å². The zero-order valence-electron chi connectivity index (χ0n) is 16.3. The van der Waals surface area contributed by atoms with Crippen LogP contribution in [0.15, 0.2) is 60.0 Å². The van der Waals surface area contributed by atoms with Crippen molar-refractivity contribution in [2.24, 2.45) is 0 Å². The summed E-state index contributed by atoms with van der Waals surface area (Å²) in [4.78, 5) is 23.2. The van der Waals surface area contributed by atoms with Crippen molar-refractivity contribution in [3.8, 4) is 5.75 Å². The van der Waals surface area contributed by atoms with Crippen molar-refractivity contribution < 1.29 is 32.2 Å². The Morgan fingerprint density at radius 2 is 1.80 bits per heavy atom. The first kappa shape index (κ1) is 23.2. The van der Waals surface area contributed by atoms with Gasteiger partial charge in [-0.15, -0.1) is 6.58 Å². The number of methoxy groups -OCH3 is 2. The van der Waals surface area contributed by atoms with Gasteiger partial charge in [0.25, 0.3) is 10.0 Å². The van der Waals surface area contributed by atoms with Gasteiger partial charge >= 0.3 is 11.9 Å². The maximum Gasteiger partial charge on any atom is 0.344 e. The minimum absolute atomic E-state index is 0.0145. The zero-order chi connectivity index (χ0) is 22.3. The van der Waals surface area contributed by atoms with Crippen molar-refractivity contribution in [2.75, 3.05) is 31.7 Å². The maximum absolute atomic E-state index is 13.3. The summed E-state index contributed by atoms with van der Waals surface area (Å²) >= 11 is 6.03. The van der Waals surface area contributed by atoms with E-state index in [1.54, 1.807) is 24.3 Å². The van der Waals surface area contributed by atoms with E-state index >= 15 is 0 Å². The quantitative estimate of drug-likeness (QED) is 0.425. The number of nitrogens with zero attached hydrogens (tertiary/aromatic N) is 1. The second-order valence-corrected chi connectivity index (χ2v) is 8.09. The molecule has 0 heterocycles.